The predicted molar refractivity (Wildman–Crippen MR) is 46.3 cm³/mol. The van der Waals surface area contributed by atoms with E-state index in [1.807, 2.05) is 11.5 Å². The highest BCUT2D eigenvalue weighted by molar-refractivity contribution is 8.02. The van der Waals surface area contributed by atoms with Gasteiger partial charge in [-0.05, 0) is 17.6 Å². The molecule has 1 saturated heterocycles. The zero-order chi connectivity index (χ0) is 8.10. The Hall–Kier alpha value is -0.440. The minimum Gasteiger partial charge on any atom is -0.465 e. The van der Waals surface area contributed by atoms with Gasteiger partial charge >= 0.3 is 5.97 Å². The van der Waals surface area contributed by atoms with Gasteiger partial charge in [0, 0.05) is 0 Å². The Labute approximate surface area is 71.0 Å². The number of cyclic esters (lactones) is 1. The fourth-order valence-corrected chi connectivity index (χ4v) is 1.43. The topological polar surface area (TPSA) is 26.3 Å². The third kappa shape index (κ3) is 2.58. The molecular weight excluding hydrogens is 160 g/mol. The van der Waals surface area contributed by atoms with E-state index in [0.29, 0.717) is 6.61 Å². The van der Waals surface area contributed by atoms with Crippen molar-refractivity contribution in [2.75, 3.05) is 12.4 Å². The zero-order valence-electron chi connectivity index (χ0n) is 6.58. The molecule has 0 aromatic heterocycles. The molecule has 0 aliphatic carbocycles. The summed E-state index contributed by atoms with van der Waals surface area (Å²) in [4.78, 5) is 10.9. The Kier molecular flexibility index (Phi) is 3.49. The van der Waals surface area contributed by atoms with Crippen molar-refractivity contribution in [1.82, 2.24) is 0 Å². The number of esters is 1. The molecule has 1 atom stereocenters. The molecule has 0 saturated carbocycles. The molecule has 1 aliphatic heterocycles. The summed E-state index contributed by atoms with van der Waals surface area (Å²) < 4.78 is 4.80. The van der Waals surface area contributed by atoms with E-state index in [0.717, 1.165) is 12.2 Å². The molecule has 1 rings (SSSR count). The molecule has 3 heteroatoms. The number of thioether (sulfide) groups is 1. The normalized spacial score (nSPS) is 24.5. The van der Waals surface area contributed by atoms with Crippen LogP contribution in [0.25, 0.3) is 0 Å². The second-order valence-corrected chi connectivity index (χ2v) is 3.53. The van der Waals surface area contributed by atoms with Crippen LogP contribution >= 0.6 is 11.8 Å². The average molecular weight is 172 g/mol. The van der Waals surface area contributed by atoms with E-state index in [1.54, 1.807) is 11.8 Å². The summed E-state index contributed by atoms with van der Waals surface area (Å²) in [6.45, 7) is 2.67. The first-order valence-electron chi connectivity index (χ1n) is 3.79. The summed E-state index contributed by atoms with van der Waals surface area (Å²) >= 11 is 1.71. The second kappa shape index (κ2) is 4.44. The molecule has 0 bridgehead atoms. The van der Waals surface area contributed by atoms with Crippen LogP contribution in [0.3, 0.4) is 0 Å². The monoisotopic (exact) mass is 172 g/mol. The molecule has 1 fully saturated rings. The van der Waals surface area contributed by atoms with Crippen LogP contribution in [-0.2, 0) is 9.53 Å². The second-order valence-electron chi connectivity index (χ2n) is 2.35. The third-order valence-corrected chi connectivity index (χ3v) is 2.23. The third-order valence-electron chi connectivity index (χ3n) is 1.55. The first-order valence-corrected chi connectivity index (χ1v) is 4.84. The van der Waals surface area contributed by atoms with Gasteiger partial charge in [-0.25, -0.2) is 0 Å². The number of rotatable bonds is 3. The molecule has 11 heavy (non-hydrogen) atoms. The average Bonchev–Trinajstić information content (AvgIpc) is 2.37. The van der Waals surface area contributed by atoms with E-state index < -0.39 is 0 Å². The molecular formula is C8H12O2S. The van der Waals surface area contributed by atoms with Gasteiger partial charge in [0.05, 0.1) is 12.5 Å². The molecule has 62 valence electrons. The lowest BCUT2D eigenvalue weighted by Gasteiger charge is -1.94. The lowest BCUT2D eigenvalue weighted by Crippen LogP contribution is -2.03. The minimum atomic E-state index is -0.0713. The van der Waals surface area contributed by atoms with E-state index in [1.165, 1.54) is 0 Å². The van der Waals surface area contributed by atoms with Crippen molar-refractivity contribution >= 4 is 17.7 Å². The summed E-state index contributed by atoms with van der Waals surface area (Å²) in [5, 5.41) is 1.98. The fraction of sp³-hybridized carbons (Fsp3) is 0.625. The first-order chi connectivity index (χ1) is 5.34. The van der Waals surface area contributed by atoms with Gasteiger partial charge in [0.15, 0.2) is 0 Å². The Morgan fingerprint density at radius 2 is 2.64 bits per heavy atom. The van der Waals surface area contributed by atoms with E-state index in [-0.39, 0.29) is 11.9 Å². The maximum Gasteiger partial charge on any atom is 0.312 e. The van der Waals surface area contributed by atoms with Crippen molar-refractivity contribution in [3.05, 3.63) is 11.5 Å². The van der Waals surface area contributed by atoms with Crippen LogP contribution < -0.4 is 0 Å². The van der Waals surface area contributed by atoms with Gasteiger partial charge in [-0.3, -0.25) is 4.79 Å². The summed E-state index contributed by atoms with van der Waals surface area (Å²) in [5.41, 5.74) is 0. The molecule has 0 aromatic rings. The van der Waals surface area contributed by atoms with Crippen molar-refractivity contribution in [2.24, 2.45) is 5.92 Å². The Bertz CT molecular complexity index is 165. The van der Waals surface area contributed by atoms with Gasteiger partial charge in [0.1, 0.15) is 0 Å². The van der Waals surface area contributed by atoms with Gasteiger partial charge in [-0.2, -0.15) is 0 Å². The van der Waals surface area contributed by atoms with Crippen molar-refractivity contribution in [3.63, 3.8) is 0 Å². The number of hydrogen-bond donors (Lipinski definition) is 0. The molecule has 1 heterocycles. The molecule has 0 N–H and O–H groups in total. The summed E-state index contributed by atoms with van der Waals surface area (Å²) in [6, 6.07) is 0. The lowest BCUT2D eigenvalue weighted by molar-refractivity contribution is -0.140. The highest BCUT2D eigenvalue weighted by atomic mass is 32.2. The highest BCUT2D eigenvalue weighted by Gasteiger charge is 2.23. The Morgan fingerprint density at radius 1 is 1.82 bits per heavy atom. The quantitative estimate of drug-likeness (QED) is 0.607. The van der Waals surface area contributed by atoms with Gasteiger partial charge in [-0.15, -0.1) is 11.8 Å². The van der Waals surface area contributed by atoms with Gasteiger partial charge < -0.3 is 4.74 Å². The molecule has 0 radical (unpaired) electrons. The van der Waals surface area contributed by atoms with Gasteiger partial charge in [0.25, 0.3) is 0 Å². The largest absolute Gasteiger partial charge is 0.465 e. The van der Waals surface area contributed by atoms with Crippen LogP contribution in [-0.4, -0.2) is 18.3 Å². The number of ether oxygens (including phenoxy) is 1. The number of carbonyl (C=O) groups excluding carboxylic acids is 1. The SMILES string of the molecule is CCS/C=C/[C@H]1CCOC1=O. The lowest BCUT2D eigenvalue weighted by atomic mass is 10.1. The van der Waals surface area contributed by atoms with Crippen LogP contribution in [0.1, 0.15) is 13.3 Å². The van der Waals surface area contributed by atoms with E-state index >= 15 is 0 Å². The minimum absolute atomic E-state index is 0.0223. The highest BCUT2D eigenvalue weighted by Crippen LogP contribution is 2.17. The van der Waals surface area contributed by atoms with E-state index in [4.69, 9.17) is 4.74 Å². The zero-order valence-corrected chi connectivity index (χ0v) is 7.39. The standard InChI is InChI=1S/C8H12O2S/c1-2-11-6-4-7-3-5-10-8(7)9/h4,6-7H,2-3,5H2,1H3/b6-4+/t7-/m1/s1. The maximum atomic E-state index is 10.9. The van der Waals surface area contributed by atoms with Crippen LogP contribution in [0.2, 0.25) is 0 Å². The van der Waals surface area contributed by atoms with Crippen molar-refractivity contribution in [3.8, 4) is 0 Å². The predicted octanol–water partition coefficient (Wildman–Crippen LogP) is 1.82. The summed E-state index contributed by atoms with van der Waals surface area (Å²) in [6.07, 6.45) is 2.78. The Morgan fingerprint density at radius 3 is 3.18 bits per heavy atom. The van der Waals surface area contributed by atoms with Gasteiger partial charge in [0.2, 0.25) is 0 Å². The van der Waals surface area contributed by atoms with Crippen LogP contribution in [0, 0.1) is 5.92 Å². The van der Waals surface area contributed by atoms with Crippen LogP contribution in [0.5, 0.6) is 0 Å². The van der Waals surface area contributed by atoms with Crippen LogP contribution in [0.4, 0.5) is 0 Å². The van der Waals surface area contributed by atoms with Crippen LogP contribution in [0.15, 0.2) is 11.5 Å². The Balaban J connectivity index is 2.30. The fourth-order valence-electron chi connectivity index (χ4n) is 0.933. The number of hydrogen-bond acceptors (Lipinski definition) is 3. The van der Waals surface area contributed by atoms with E-state index in [2.05, 4.69) is 6.92 Å². The van der Waals surface area contributed by atoms with E-state index in [9.17, 15) is 4.79 Å². The van der Waals surface area contributed by atoms with Crippen molar-refractivity contribution in [1.29, 1.82) is 0 Å². The first kappa shape index (κ1) is 8.65. The molecule has 2 nitrogen and oxygen atoms in total. The maximum absolute atomic E-state index is 10.9. The van der Waals surface area contributed by atoms with Crippen molar-refractivity contribution < 1.29 is 9.53 Å². The number of carbonyl (C=O) groups is 1. The van der Waals surface area contributed by atoms with Gasteiger partial charge in [-0.1, -0.05) is 13.0 Å². The summed E-state index contributed by atoms with van der Waals surface area (Å²) in [5.74, 6) is 1.00. The molecule has 0 spiro atoms. The molecule has 0 amide bonds. The molecule has 0 unspecified atom stereocenters. The molecule has 0 aromatic carbocycles. The smallest absolute Gasteiger partial charge is 0.312 e. The van der Waals surface area contributed by atoms with Crippen molar-refractivity contribution in [2.45, 2.75) is 13.3 Å². The summed E-state index contributed by atoms with van der Waals surface area (Å²) in [7, 11) is 0. The molecule has 1 aliphatic rings.